The quantitative estimate of drug-likeness (QED) is 0.822. The van der Waals surface area contributed by atoms with Crippen LogP contribution in [-0.2, 0) is 22.4 Å². The molecule has 1 aliphatic rings. The van der Waals surface area contributed by atoms with Crippen LogP contribution in [0.25, 0.3) is 0 Å². The van der Waals surface area contributed by atoms with Crippen LogP contribution in [0.15, 0.2) is 24.3 Å². The highest BCUT2D eigenvalue weighted by atomic mass is 16.5. The minimum Gasteiger partial charge on any atom is -0.468 e. The Labute approximate surface area is 121 Å². The largest absolute Gasteiger partial charge is 0.468 e. The van der Waals surface area contributed by atoms with Crippen molar-refractivity contribution in [3.8, 4) is 0 Å². The van der Waals surface area contributed by atoms with Crippen molar-refractivity contribution < 1.29 is 9.53 Å². The second-order valence-corrected chi connectivity index (χ2v) is 5.75. The number of hydrogen-bond acceptors (Lipinski definition) is 4. The molecule has 0 fully saturated rings. The number of nitrogens with one attached hydrogen (secondary N) is 1. The molecule has 1 atom stereocenters. The number of rotatable bonds is 5. The van der Waals surface area contributed by atoms with Gasteiger partial charge in [-0.2, -0.15) is 0 Å². The number of benzene rings is 1. The molecule has 0 spiro atoms. The van der Waals surface area contributed by atoms with Gasteiger partial charge in [-0.15, -0.1) is 0 Å². The zero-order valence-electron chi connectivity index (χ0n) is 12.6. The summed E-state index contributed by atoms with van der Waals surface area (Å²) in [5.41, 5.74) is 2.03. The van der Waals surface area contributed by atoms with Crippen molar-refractivity contribution in [3.63, 3.8) is 0 Å². The average molecular weight is 276 g/mol. The molecule has 4 heteroatoms. The normalized spacial score (nSPS) is 21.6. The van der Waals surface area contributed by atoms with Gasteiger partial charge in [0.15, 0.2) is 0 Å². The van der Waals surface area contributed by atoms with Gasteiger partial charge in [0.05, 0.1) is 7.11 Å². The minimum absolute atomic E-state index is 0.147. The Hall–Kier alpha value is -1.39. The van der Waals surface area contributed by atoms with Crippen LogP contribution >= 0.6 is 0 Å². The Morgan fingerprint density at radius 1 is 1.35 bits per heavy atom. The summed E-state index contributed by atoms with van der Waals surface area (Å²) in [5, 5.41) is 3.44. The topological polar surface area (TPSA) is 41.6 Å². The van der Waals surface area contributed by atoms with Gasteiger partial charge in [-0.25, -0.2) is 0 Å². The summed E-state index contributed by atoms with van der Waals surface area (Å²) in [6.45, 7) is 1.69. The number of hydrogen-bond donors (Lipinski definition) is 1. The third kappa shape index (κ3) is 3.19. The summed E-state index contributed by atoms with van der Waals surface area (Å²) in [6.07, 6.45) is 2.42. The Balaban J connectivity index is 2.15. The van der Waals surface area contributed by atoms with Crippen LogP contribution < -0.4 is 5.32 Å². The number of carbonyl (C=O) groups excluding carboxylic acids is 1. The molecule has 0 aromatic heterocycles. The van der Waals surface area contributed by atoms with Crippen LogP contribution in [0.2, 0.25) is 0 Å². The second-order valence-electron chi connectivity index (χ2n) is 5.75. The van der Waals surface area contributed by atoms with Crippen molar-refractivity contribution in [3.05, 3.63) is 35.4 Å². The molecule has 20 heavy (non-hydrogen) atoms. The highest BCUT2D eigenvalue weighted by Crippen LogP contribution is 2.29. The van der Waals surface area contributed by atoms with E-state index in [0.29, 0.717) is 6.42 Å². The van der Waals surface area contributed by atoms with Gasteiger partial charge in [0, 0.05) is 19.5 Å². The van der Waals surface area contributed by atoms with E-state index in [4.69, 9.17) is 4.74 Å². The molecule has 1 N–H and O–H groups in total. The van der Waals surface area contributed by atoms with Crippen LogP contribution in [0.5, 0.6) is 0 Å². The SMILES string of the molecule is COC(=O)C1(NCCN(C)C)CCc2ccccc2C1. The van der Waals surface area contributed by atoms with Crippen molar-refractivity contribution >= 4 is 5.97 Å². The number of fused-ring (bicyclic) bond motifs is 1. The molecule has 0 bridgehead atoms. The van der Waals surface area contributed by atoms with Gasteiger partial charge in [-0.05, 0) is 38.1 Å². The van der Waals surface area contributed by atoms with E-state index in [1.165, 1.54) is 18.2 Å². The number of methoxy groups -OCH3 is 1. The average Bonchev–Trinajstić information content (AvgIpc) is 2.45. The first kappa shape index (κ1) is 15.0. The Morgan fingerprint density at radius 3 is 2.70 bits per heavy atom. The standard InChI is InChI=1S/C16H24N2O2/c1-18(2)11-10-17-16(15(19)20-3)9-8-13-6-4-5-7-14(13)12-16/h4-7,17H,8-12H2,1-3H3. The third-order valence-electron chi connectivity index (χ3n) is 4.03. The van der Waals surface area contributed by atoms with Crippen molar-refractivity contribution in [2.75, 3.05) is 34.3 Å². The molecule has 0 amide bonds. The Kier molecular flexibility index (Phi) is 4.78. The molecule has 1 unspecified atom stereocenters. The maximum atomic E-state index is 12.3. The van der Waals surface area contributed by atoms with E-state index >= 15 is 0 Å². The summed E-state index contributed by atoms with van der Waals surface area (Å²) < 4.78 is 5.05. The van der Waals surface area contributed by atoms with E-state index in [9.17, 15) is 4.79 Å². The van der Waals surface area contributed by atoms with Gasteiger partial charge in [0.25, 0.3) is 0 Å². The predicted molar refractivity (Wildman–Crippen MR) is 79.8 cm³/mol. The molecule has 0 radical (unpaired) electrons. The van der Waals surface area contributed by atoms with Crippen molar-refractivity contribution in [2.45, 2.75) is 24.8 Å². The van der Waals surface area contributed by atoms with Crippen LogP contribution in [0.1, 0.15) is 17.5 Å². The minimum atomic E-state index is -0.570. The molecule has 0 heterocycles. The molecule has 0 saturated carbocycles. The summed E-state index contributed by atoms with van der Waals surface area (Å²) >= 11 is 0. The van der Waals surface area contributed by atoms with Gasteiger partial charge in [-0.3, -0.25) is 4.79 Å². The van der Waals surface area contributed by atoms with Gasteiger partial charge in [-0.1, -0.05) is 24.3 Å². The molecule has 0 saturated heterocycles. The number of nitrogens with zero attached hydrogens (tertiary/aromatic N) is 1. The highest BCUT2D eigenvalue weighted by Gasteiger charge is 2.41. The maximum Gasteiger partial charge on any atom is 0.326 e. The van der Waals surface area contributed by atoms with Crippen LogP contribution in [0.3, 0.4) is 0 Å². The summed E-state index contributed by atoms with van der Waals surface area (Å²) in [4.78, 5) is 14.4. The van der Waals surface area contributed by atoms with Crippen molar-refractivity contribution in [1.29, 1.82) is 0 Å². The second kappa shape index (κ2) is 6.37. The van der Waals surface area contributed by atoms with Gasteiger partial charge < -0.3 is 15.0 Å². The smallest absolute Gasteiger partial charge is 0.326 e. The van der Waals surface area contributed by atoms with E-state index in [1.54, 1.807) is 0 Å². The van der Waals surface area contributed by atoms with Crippen LogP contribution in [0.4, 0.5) is 0 Å². The molecule has 110 valence electrons. The van der Waals surface area contributed by atoms with Crippen molar-refractivity contribution in [1.82, 2.24) is 10.2 Å². The van der Waals surface area contributed by atoms with E-state index in [2.05, 4.69) is 28.4 Å². The fraction of sp³-hybridized carbons (Fsp3) is 0.562. The zero-order valence-corrected chi connectivity index (χ0v) is 12.6. The van der Waals surface area contributed by atoms with E-state index < -0.39 is 5.54 Å². The van der Waals surface area contributed by atoms with E-state index in [-0.39, 0.29) is 5.97 Å². The number of carbonyl (C=O) groups is 1. The third-order valence-corrected chi connectivity index (χ3v) is 4.03. The first-order valence-electron chi connectivity index (χ1n) is 7.12. The molecule has 1 aromatic rings. The fourth-order valence-electron chi connectivity index (χ4n) is 2.85. The lowest BCUT2D eigenvalue weighted by Crippen LogP contribution is -2.57. The molecular weight excluding hydrogens is 252 g/mol. The van der Waals surface area contributed by atoms with Crippen molar-refractivity contribution in [2.24, 2.45) is 0 Å². The summed E-state index contributed by atoms with van der Waals surface area (Å²) in [6, 6.07) is 8.35. The van der Waals surface area contributed by atoms with Gasteiger partial charge >= 0.3 is 5.97 Å². The van der Waals surface area contributed by atoms with Crippen LogP contribution in [0, 0.1) is 0 Å². The Morgan fingerprint density at radius 2 is 2.05 bits per heavy atom. The first-order chi connectivity index (χ1) is 9.57. The molecule has 0 aliphatic heterocycles. The van der Waals surface area contributed by atoms with Gasteiger partial charge in [0.2, 0.25) is 0 Å². The molecular formula is C16H24N2O2. The predicted octanol–water partition coefficient (Wildman–Crippen LogP) is 1.24. The van der Waals surface area contributed by atoms with Crippen LogP contribution in [-0.4, -0.2) is 50.7 Å². The summed E-state index contributed by atoms with van der Waals surface area (Å²) in [5.74, 6) is -0.147. The zero-order chi connectivity index (χ0) is 14.6. The molecule has 2 rings (SSSR count). The molecule has 1 aromatic carbocycles. The highest BCUT2D eigenvalue weighted by molar-refractivity contribution is 5.81. The maximum absolute atomic E-state index is 12.3. The fourth-order valence-corrected chi connectivity index (χ4v) is 2.85. The Bertz CT molecular complexity index is 473. The lowest BCUT2D eigenvalue weighted by Gasteiger charge is -2.37. The lowest BCUT2D eigenvalue weighted by atomic mass is 9.78. The van der Waals surface area contributed by atoms with E-state index in [0.717, 1.165) is 25.9 Å². The monoisotopic (exact) mass is 276 g/mol. The number of esters is 1. The number of aryl methyl sites for hydroxylation is 1. The van der Waals surface area contributed by atoms with Gasteiger partial charge in [0.1, 0.15) is 5.54 Å². The molecule has 1 aliphatic carbocycles. The number of likely N-dealkylation sites (N-methyl/N-ethyl adjacent to an activating group) is 1. The first-order valence-corrected chi connectivity index (χ1v) is 7.12. The summed E-state index contributed by atoms with van der Waals surface area (Å²) in [7, 11) is 5.53. The number of ether oxygens (including phenoxy) is 1. The lowest BCUT2D eigenvalue weighted by molar-refractivity contribution is -0.149. The van der Waals surface area contributed by atoms with E-state index in [1.807, 2.05) is 20.2 Å². The molecule has 4 nitrogen and oxygen atoms in total.